The van der Waals surface area contributed by atoms with Gasteiger partial charge in [0, 0.05) is 17.1 Å². The molecule has 0 bridgehead atoms. The lowest BCUT2D eigenvalue weighted by molar-refractivity contribution is 0.0902. The number of furan rings is 1. The van der Waals surface area contributed by atoms with E-state index < -0.39 is 6.10 Å². The van der Waals surface area contributed by atoms with Crippen molar-refractivity contribution in [1.29, 1.82) is 0 Å². The van der Waals surface area contributed by atoms with E-state index >= 15 is 0 Å². The molecule has 0 radical (unpaired) electrons. The Bertz CT molecular complexity index is 748. The molecule has 0 saturated heterocycles. The summed E-state index contributed by atoms with van der Waals surface area (Å²) in [5.41, 5.74) is 1.30. The second kappa shape index (κ2) is 5.76. The van der Waals surface area contributed by atoms with E-state index in [1.807, 2.05) is 12.1 Å². The zero-order valence-electron chi connectivity index (χ0n) is 11.2. The van der Waals surface area contributed by atoms with Gasteiger partial charge in [-0.15, -0.1) is 0 Å². The number of aliphatic hydroxyl groups is 1. The van der Waals surface area contributed by atoms with Crippen LogP contribution >= 0.6 is 0 Å². The molecule has 2 aromatic heterocycles. The van der Waals surface area contributed by atoms with Crippen LogP contribution in [0.1, 0.15) is 22.2 Å². The van der Waals surface area contributed by atoms with Crippen LogP contribution in [0.25, 0.3) is 10.9 Å². The average molecular weight is 282 g/mol. The van der Waals surface area contributed by atoms with Crippen molar-refractivity contribution < 1.29 is 14.3 Å². The maximum absolute atomic E-state index is 12.3. The summed E-state index contributed by atoms with van der Waals surface area (Å²) in [6, 6.07) is 12.4. The predicted octanol–water partition coefficient (Wildman–Crippen LogP) is 2.29. The number of hydrogen-bond donors (Lipinski definition) is 2. The maximum Gasteiger partial charge on any atom is 0.252 e. The molecule has 0 saturated carbocycles. The Morgan fingerprint density at radius 1 is 1.24 bits per heavy atom. The molecule has 2 heterocycles. The molecule has 3 rings (SSSR count). The number of fused-ring (bicyclic) bond motifs is 1. The van der Waals surface area contributed by atoms with Gasteiger partial charge in [-0.1, -0.05) is 12.1 Å². The summed E-state index contributed by atoms with van der Waals surface area (Å²) >= 11 is 0. The Balaban J connectivity index is 1.75. The van der Waals surface area contributed by atoms with Gasteiger partial charge < -0.3 is 14.8 Å². The molecular weight excluding hydrogens is 268 g/mol. The quantitative estimate of drug-likeness (QED) is 0.770. The van der Waals surface area contributed by atoms with Crippen LogP contribution in [0, 0.1) is 0 Å². The number of nitrogens with one attached hydrogen (secondary N) is 1. The SMILES string of the molecule is O=C(NCC(O)c1ccco1)c1cccc2ncccc12. The maximum atomic E-state index is 12.3. The second-order valence-electron chi connectivity index (χ2n) is 4.62. The third kappa shape index (κ3) is 2.78. The van der Waals surface area contributed by atoms with Crippen LogP contribution < -0.4 is 5.32 Å². The van der Waals surface area contributed by atoms with Gasteiger partial charge in [-0.3, -0.25) is 9.78 Å². The molecule has 0 aliphatic carbocycles. The van der Waals surface area contributed by atoms with E-state index in [9.17, 15) is 9.90 Å². The third-order valence-corrected chi connectivity index (χ3v) is 3.22. The van der Waals surface area contributed by atoms with E-state index in [-0.39, 0.29) is 12.5 Å². The van der Waals surface area contributed by atoms with Crippen molar-refractivity contribution in [1.82, 2.24) is 10.3 Å². The highest BCUT2D eigenvalue weighted by Gasteiger charge is 2.14. The molecular formula is C16H14N2O3. The van der Waals surface area contributed by atoms with Crippen molar-refractivity contribution in [2.45, 2.75) is 6.10 Å². The molecule has 0 fully saturated rings. The minimum atomic E-state index is -0.864. The number of rotatable bonds is 4. The third-order valence-electron chi connectivity index (χ3n) is 3.22. The molecule has 2 N–H and O–H groups in total. The fraction of sp³-hybridized carbons (Fsp3) is 0.125. The van der Waals surface area contributed by atoms with Crippen LogP contribution in [0.4, 0.5) is 0 Å². The molecule has 0 aliphatic heterocycles. The Labute approximate surface area is 121 Å². The molecule has 1 unspecified atom stereocenters. The molecule has 5 heteroatoms. The lowest BCUT2D eigenvalue weighted by Crippen LogP contribution is -2.28. The van der Waals surface area contributed by atoms with Crippen LogP contribution in [0.2, 0.25) is 0 Å². The number of pyridine rings is 1. The Kier molecular flexibility index (Phi) is 3.66. The van der Waals surface area contributed by atoms with Gasteiger partial charge in [0.05, 0.1) is 18.3 Å². The highest BCUT2D eigenvalue weighted by molar-refractivity contribution is 6.06. The zero-order valence-corrected chi connectivity index (χ0v) is 11.2. The zero-order chi connectivity index (χ0) is 14.7. The Morgan fingerprint density at radius 3 is 2.95 bits per heavy atom. The summed E-state index contributed by atoms with van der Waals surface area (Å²) in [4.78, 5) is 16.5. The molecule has 21 heavy (non-hydrogen) atoms. The first-order valence-corrected chi connectivity index (χ1v) is 6.59. The van der Waals surface area contributed by atoms with Crippen molar-refractivity contribution in [3.8, 4) is 0 Å². The summed E-state index contributed by atoms with van der Waals surface area (Å²) < 4.78 is 5.09. The minimum absolute atomic E-state index is 0.0863. The highest BCUT2D eigenvalue weighted by Crippen LogP contribution is 2.17. The first kappa shape index (κ1) is 13.3. The fourth-order valence-electron chi connectivity index (χ4n) is 2.17. The fourth-order valence-corrected chi connectivity index (χ4v) is 2.17. The van der Waals surface area contributed by atoms with Crippen LogP contribution in [-0.4, -0.2) is 22.5 Å². The molecule has 3 aromatic rings. The highest BCUT2D eigenvalue weighted by atomic mass is 16.4. The van der Waals surface area contributed by atoms with Gasteiger partial charge in [-0.2, -0.15) is 0 Å². The van der Waals surface area contributed by atoms with E-state index in [2.05, 4.69) is 10.3 Å². The topological polar surface area (TPSA) is 75.4 Å². The average Bonchev–Trinajstić information content (AvgIpc) is 3.06. The van der Waals surface area contributed by atoms with Crippen LogP contribution in [0.15, 0.2) is 59.3 Å². The Hall–Kier alpha value is -2.66. The molecule has 1 atom stereocenters. The van der Waals surface area contributed by atoms with Crippen LogP contribution in [0.3, 0.4) is 0 Å². The largest absolute Gasteiger partial charge is 0.467 e. The standard InChI is InChI=1S/C16H14N2O3/c19-14(15-7-3-9-21-15)10-18-16(20)12-4-1-6-13-11(12)5-2-8-17-13/h1-9,14,19H,10H2,(H,18,20). The van der Waals surface area contributed by atoms with E-state index in [1.165, 1.54) is 6.26 Å². The molecule has 1 amide bonds. The van der Waals surface area contributed by atoms with Gasteiger partial charge in [0.1, 0.15) is 11.9 Å². The van der Waals surface area contributed by atoms with E-state index in [0.29, 0.717) is 11.3 Å². The Morgan fingerprint density at radius 2 is 2.14 bits per heavy atom. The van der Waals surface area contributed by atoms with Gasteiger partial charge in [0.25, 0.3) is 5.91 Å². The van der Waals surface area contributed by atoms with E-state index in [0.717, 1.165) is 10.9 Å². The van der Waals surface area contributed by atoms with Crippen molar-refractivity contribution in [2.24, 2.45) is 0 Å². The summed E-state index contributed by atoms with van der Waals surface area (Å²) in [6.07, 6.45) is 2.30. The number of nitrogens with zero attached hydrogens (tertiary/aromatic N) is 1. The molecule has 1 aromatic carbocycles. The number of amides is 1. The molecule has 5 nitrogen and oxygen atoms in total. The summed E-state index contributed by atoms with van der Waals surface area (Å²) in [7, 11) is 0. The van der Waals surface area contributed by atoms with Gasteiger partial charge in [0.2, 0.25) is 0 Å². The monoisotopic (exact) mass is 282 g/mol. The van der Waals surface area contributed by atoms with Crippen molar-refractivity contribution >= 4 is 16.8 Å². The number of benzene rings is 1. The number of aromatic nitrogens is 1. The van der Waals surface area contributed by atoms with E-state index in [1.54, 1.807) is 36.5 Å². The number of carbonyl (C=O) groups is 1. The summed E-state index contributed by atoms with van der Waals surface area (Å²) in [6.45, 7) is 0.0863. The lowest BCUT2D eigenvalue weighted by Gasteiger charge is -2.10. The molecule has 106 valence electrons. The van der Waals surface area contributed by atoms with Gasteiger partial charge >= 0.3 is 0 Å². The predicted molar refractivity (Wildman–Crippen MR) is 77.7 cm³/mol. The van der Waals surface area contributed by atoms with E-state index in [4.69, 9.17) is 4.42 Å². The van der Waals surface area contributed by atoms with Gasteiger partial charge in [-0.05, 0) is 30.3 Å². The lowest BCUT2D eigenvalue weighted by atomic mass is 10.1. The van der Waals surface area contributed by atoms with Crippen LogP contribution in [-0.2, 0) is 0 Å². The van der Waals surface area contributed by atoms with Crippen molar-refractivity contribution in [3.05, 3.63) is 66.2 Å². The first-order valence-electron chi connectivity index (χ1n) is 6.59. The van der Waals surface area contributed by atoms with Gasteiger partial charge in [0.15, 0.2) is 0 Å². The minimum Gasteiger partial charge on any atom is -0.467 e. The first-order chi connectivity index (χ1) is 10.3. The van der Waals surface area contributed by atoms with Crippen molar-refractivity contribution in [2.75, 3.05) is 6.54 Å². The number of hydrogen-bond acceptors (Lipinski definition) is 4. The molecule has 0 spiro atoms. The van der Waals surface area contributed by atoms with Gasteiger partial charge in [-0.25, -0.2) is 0 Å². The molecule has 0 aliphatic rings. The normalized spacial score (nSPS) is 12.2. The summed E-state index contributed by atoms with van der Waals surface area (Å²) in [5, 5.41) is 13.4. The van der Waals surface area contributed by atoms with Crippen LogP contribution in [0.5, 0.6) is 0 Å². The second-order valence-corrected chi connectivity index (χ2v) is 4.62. The number of carbonyl (C=O) groups excluding carboxylic acids is 1. The van der Waals surface area contributed by atoms with Crippen molar-refractivity contribution in [3.63, 3.8) is 0 Å². The number of aliphatic hydroxyl groups excluding tert-OH is 1. The smallest absolute Gasteiger partial charge is 0.252 e. The summed E-state index contributed by atoms with van der Waals surface area (Å²) in [5.74, 6) is 0.175.